The number of nitrogens with zero attached hydrogens (tertiary/aromatic N) is 2. The smallest absolute Gasteiger partial charge is 0.325 e. The molecule has 1 amide bonds. The van der Waals surface area contributed by atoms with Gasteiger partial charge in [0.2, 0.25) is 0 Å². The molecule has 0 fully saturated rings. The standard InChI is InChI=1S/C10H9FN2O/c1-13(10(14)6-12)7-8-4-2-3-5-9(8)11/h2-5H,7H2,1H3. The van der Waals surface area contributed by atoms with E-state index >= 15 is 0 Å². The Labute approximate surface area is 81.4 Å². The van der Waals surface area contributed by atoms with Crippen LogP contribution in [0.4, 0.5) is 4.39 Å². The van der Waals surface area contributed by atoms with Crippen molar-refractivity contribution in [3.05, 3.63) is 35.6 Å². The highest BCUT2D eigenvalue weighted by Crippen LogP contribution is 2.08. The van der Waals surface area contributed by atoms with Crippen molar-refractivity contribution >= 4 is 5.91 Å². The summed E-state index contributed by atoms with van der Waals surface area (Å²) in [6, 6.07) is 7.63. The average Bonchev–Trinajstić information content (AvgIpc) is 2.20. The second-order valence-electron chi connectivity index (χ2n) is 2.86. The van der Waals surface area contributed by atoms with Crippen LogP contribution in [0.3, 0.4) is 0 Å². The lowest BCUT2D eigenvalue weighted by atomic mass is 10.2. The minimum absolute atomic E-state index is 0.110. The SMILES string of the molecule is CN(Cc1ccccc1F)C(=O)C#N. The van der Waals surface area contributed by atoms with Gasteiger partial charge < -0.3 is 4.90 Å². The summed E-state index contributed by atoms with van der Waals surface area (Å²) in [6.07, 6.45) is 0. The van der Waals surface area contributed by atoms with Crippen LogP contribution in [0.25, 0.3) is 0 Å². The molecule has 3 nitrogen and oxygen atoms in total. The van der Waals surface area contributed by atoms with E-state index in [1.807, 2.05) is 0 Å². The van der Waals surface area contributed by atoms with Gasteiger partial charge in [0.25, 0.3) is 0 Å². The highest BCUT2D eigenvalue weighted by molar-refractivity contribution is 5.90. The maximum Gasteiger partial charge on any atom is 0.325 e. The minimum atomic E-state index is -0.673. The summed E-state index contributed by atoms with van der Waals surface area (Å²) in [5.74, 6) is -1.04. The summed E-state index contributed by atoms with van der Waals surface area (Å²) in [5, 5.41) is 8.32. The summed E-state index contributed by atoms with van der Waals surface area (Å²) >= 11 is 0. The molecule has 0 unspecified atom stereocenters. The first-order valence-corrected chi connectivity index (χ1v) is 4.03. The monoisotopic (exact) mass is 192 g/mol. The van der Waals surface area contributed by atoms with E-state index in [-0.39, 0.29) is 12.4 Å². The molecule has 72 valence electrons. The van der Waals surface area contributed by atoms with Crippen molar-refractivity contribution in [2.24, 2.45) is 0 Å². The van der Waals surface area contributed by atoms with Gasteiger partial charge in [-0.2, -0.15) is 5.26 Å². The Morgan fingerprint density at radius 3 is 2.79 bits per heavy atom. The van der Waals surface area contributed by atoms with Crippen molar-refractivity contribution < 1.29 is 9.18 Å². The molecule has 0 bridgehead atoms. The summed E-state index contributed by atoms with van der Waals surface area (Å²) in [7, 11) is 1.46. The van der Waals surface area contributed by atoms with Crippen molar-refractivity contribution in [2.45, 2.75) is 6.54 Å². The fraction of sp³-hybridized carbons (Fsp3) is 0.200. The molecule has 0 spiro atoms. The van der Waals surface area contributed by atoms with E-state index in [2.05, 4.69) is 0 Å². The number of amides is 1. The Bertz CT molecular complexity index is 384. The van der Waals surface area contributed by atoms with E-state index in [0.29, 0.717) is 5.56 Å². The molecule has 1 rings (SSSR count). The van der Waals surface area contributed by atoms with E-state index in [1.54, 1.807) is 18.2 Å². The third kappa shape index (κ3) is 2.30. The summed E-state index contributed by atoms with van der Waals surface area (Å²) < 4.78 is 13.1. The summed E-state index contributed by atoms with van der Waals surface area (Å²) in [6.45, 7) is 0.110. The highest BCUT2D eigenvalue weighted by Gasteiger charge is 2.09. The van der Waals surface area contributed by atoms with E-state index in [0.717, 1.165) is 0 Å². The first-order valence-electron chi connectivity index (χ1n) is 4.03. The predicted octanol–water partition coefficient (Wildman–Crippen LogP) is 1.31. The molecule has 0 heterocycles. The molecule has 4 heteroatoms. The molecule has 0 aromatic heterocycles. The number of carbonyl (C=O) groups excluding carboxylic acids is 1. The van der Waals surface area contributed by atoms with Crippen molar-refractivity contribution in [3.63, 3.8) is 0 Å². The molecular weight excluding hydrogens is 183 g/mol. The Balaban J connectivity index is 2.75. The third-order valence-corrected chi connectivity index (χ3v) is 1.81. The van der Waals surface area contributed by atoms with Crippen molar-refractivity contribution in [2.75, 3.05) is 7.05 Å². The van der Waals surface area contributed by atoms with Gasteiger partial charge in [0.15, 0.2) is 6.07 Å². The maximum atomic E-state index is 13.1. The molecule has 0 atom stereocenters. The van der Waals surface area contributed by atoms with E-state index < -0.39 is 5.91 Å². The first-order chi connectivity index (χ1) is 6.65. The van der Waals surface area contributed by atoms with Crippen LogP contribution in [0.1, 0.15) is 5.56 Å². The molecule has 0 aliphatic rings. The zero-order valence-corrected chi connectivity index (χ0v) is 7.70. The number of hydrogen-bond donors (Lipinski definition) is 0. The van der Waals surface area contributed by atoms with Gasteiger partial charge in [-0.3, -0.25) is 4.79 Å². The number of nitriles is 1. The van der Waals surface area contributed by atoms with Gasteiger partial charge in [0, 0.05) is 19.2 Å². The molecule has 0 aliphatic carbocycles. The molecule has 1 aromatic carbocycles. The lowest BCUT2D eigenvalue weighted by Gasteiger charge is -2.13. The van der Waals surface area contributed by atoms with Crippen LogP contribution >= 0.6 is 0 Å². The fourth-order valence-corrected chi connectivity index (χ4v) is 1.04. The Morgan fingerprint density at radius 2 is 2.21 bits per heavy atom. The van der Waals surface area contributed by atoms with Crippen molar-refractivity contribution in [1.29, 1.82) is 5.26 Å². The van der Waals surface area contributed by atoms with Gasteiger partial charge in [0.1, 0.15) is 5.82 Å². The molecule has 0 N–H and O–H groups in total. The van der Waals surface area contributed by atoms with Gasteiger partial charge in [0.05, 0.1) is 0 Å². The van der Waals surface area contributed by atoms with Crippen LogP contribution in [0.15, 0.2) is 24.3 Å². The lowest BCUT2D eigenvalue weighted by molar-refractivity contribution is -0.124. The minimum Gasteiger partial charge on any atom is -0.329 e. The quantitative estimate of drug-likeness (QED) is 0.663. The molecular formula is C10H9FN2O. The lowest BCUT2D eigenvalue weighted by Crippen LogP contribution is -2.24. The maximum absolute atomic E-state index is 13.1. The van der Waals surface area contributed by atoms with Crippen molar-refractivity contribution in [1.82, 2.24) is 4.90 Å². The number of hydrogen-bond acceptors (Lipinski definition) is 2. The van der Waals surface area contributed by atoms with Crippen LogP contribution in [0.2, 0.25) is 0 Å². The average molecular weight is 192 g/mol. The van der Waals surface area contributed by atoms with Gasteiger partial charge >= 0.3 is 5.91 Å². The van der Waals surface area contributed by atoms with Crippen LogP contribution < -0.4 is 0 Å². The Kier molecular flexibility index (Phi) is 3.19. The molecule has 0 aliphatic heterocycles. The number of rotatable bonds is 2. The van der Waals surface area contributed by atoms with Crippen LogP contribution in [0.5, 0.6) is 0 Å². The van der Waals surface area contributed by atoms with Gasteiger partial charge in [-0.15, -0.1) is 0 Å². The third-order valence-electron chi connectivity index (χ3n) is 1.81. The summed E-state index contributed by atoms with van der Waals surface area (Å²) in [4.78, 5) is 12.0. The summed E-state index contributed by atoms with van der Waals surface area (Å²) in [5.41, 5.74) is 0.401. The Morgan fingerprint density at radius 1 is 1.57 bits per heavy atom. The van der Waals surface area contributed by atoms with Crippen molar-refractivity contribution in [3.8, 4) is 6.07 Å². The zero-order valence-electron chi connectivity index (χ0n) is 7.70. The predicted molar refractivity (Wildman–Crippen MR) is 48.5 cm³/mol. The molecule has 1 aromatic rings. The van der Waals surface area contributed by atoms with E-state index in [1.165, 1.54) is 24.1 Å². The number of halogens is 1. The van der Waals surface area contributed by atoms with Gasteiger partial charge in [-0.05, 0) is 6.07 Å². The van der Waals surface area contributed by atoms with Gasteiger partial charge in [-0.1, -0.05) is 18.2 Å². The van der Waals surface area contributed by atoms with Crippen LogP contribution in [0, 0.1) is 17.1 Å². The second-order valence-corrected chi connectivity index (χ2v) is 2.86. The normalized spacial score (nSPS) is 9.21. The van der Waals surface area contributed by atoms with E-state index in [4.69, 9.17) is 5.26 Å². The number of carbonyl (C=O) groups is 1. The first kappa shape index (κ1) is 10.2. The fourth-order valence-electron chi connectivity index (χ4n) is 1.04. The number of benzene rings is 1. The topological polar surface area (TPSA) is 44.1 Å². The molecule has 0 saturated heterocycles. The van der Waals surface area contributed by atoms with Gasteiger partial charge in [-0.25, -0.2) is 4.39 Å². The molecule has 0 saturated carbocycles. The molecule has 14 heavy (non-hydrogen) atoms. The van der Waals surface area contributed by atoms with E-state index in [9.17, 15) is 9.18 Å². The Hall–Kier alpha value is -1.89. The van der Waals surface area contributed by atoms with Crippen LogP contribution in [-0.2, 0) is 11.3 Å². The largest absolute Gasteiger partial charge is 0.329 e. The molecule has 0 radical (unpaired) electrons. The highest BCUT2D eigenvalue weighted by atomic mass is 19.1. The second kappa shape index (κ2) is 4.38. The zero-order chi connectivity index (χ0) is 10.6. The van der Waals surface area contributed by atoms with Crippen LogP contribution in [-0.4, -0.2) is 17.9 Å².